The topological polar surface area (TPSA) is 35.2 Å². The molecule has 2 aromatic rings. The van der Waals surface area contributed by atoms with Crippen molar-refractivity contribution in [3.8, 4) is 5.75 Å². The van der Waals surface area contributed by atoms with Gasteiger partial charge in [0.05, 0.1) is 13.4 Å². The minimum absolute atomic E-state index is 0.458. The molecule has 0 heterocycles. The molecule has 0 atom stereocenters. The molecule has 0 saturated heterocycles. The molecule has 0 fully saturated rings. The zero-order valence-electron chi connectivity index (χ0n) is 10.1. The summed E-state index contributed by atoms with van der Waals surface area (Å²) in [6, 6.07) is 14.4. The lowest BCUT2D eigenvalue weighted by atomic mass is 9.98. The molecule has 2 aromatic carbocycles. The molecule has 3 heteroatoms. The van der Waals surface area contributed by atoms with E-state index in [1.54, 1.807) is 31.4 Å². The molecule has 0 saturated carbocycles. The van der Waals surface area contributed by atoms with Crippen LogP contribution in [-0.4, -0.2) is 7.11 Å². The lowest BCUT2D eigenvalue weighted by Gasteiger charge is -2.11. The third-order valence-electron chi connectivity index (χ3n) is 2.70. The van der Waals surface area contributed by atoms with E-state index >= 15 is 0 Å². The number of anilines is 1. The van der Waals surface area contributed by atoms with Gasteiger partial charge < -0.3 is 10.5 Å². The second-order valence-corrected chi connectivity index (χ2v) is 3.85. The Hall–Kier alpha value is -2.29. The Bertz CT molecular complexity index is 578. The molecule has 0 aliphatic heterocycles. The first-order valence-electron chi connectivity index (χ1n) is 5.56. The summed E-state index contributed by atoms with van der Waals surface area (Å²) in [6.45, 7) is 0. The number of hydrogen-bond acceptors (Lipinski definition) is 2. The van der Waals surface area contributed by atoms with Gasteiger partial charge in [0.15, 0.2) is 0 Å². The summed E-state index contributed by atoms with van der Waals surface area (Å²) < 4.78 is 18.5. The van der Waals surface area contributed by atoms with E-state index in [1.165, 1.54) is 0 Å². The van der Waals surface area contributed by atoms with Gasteiger partial charge in [-0.1, -0.05) is 30.3 Å². The Labute approximate surface area is 106 Å². The van der Waals surface area contributed by atoms with E-state index in [1.807, 2.05) is 24.3 Å². The van der Waals surface area contributed by atoms with Crippen LogP contribution in [0, 0.1) is 0 Å². The largest absolute Gasteiger partial charge is 0.496 e. The molecule has 0 amide bonds. The predicted molar refractivity (Wildman–Crippen MR) is 72.0 cm³/mol. The molecule has 2 N–H and O–H groups in total. The summed E-state index contributed by atoms with van der Waals surface area (Å²) in [5.41, 5.74) is 8.20. The molecule has 2 rings (SSSR count). The van der Waals surface area contributed by atoms with E-state index < -0.39 is 0 Å². The Morgan fingerprint density at radius 3 is 2.61 bits per heavy atom. The summed E-state index contributed by atoms with van der Waals surface area (Å²) >= 11 is 0. The molecule has 2 nitrogen and oxygen atoms in total. The second kappa shape index (κ2) is 5.36. The first-order chi connectivity index (χ1) is 8.76. The number of benzene rings is 2. The summed E-state index contributed by atoms with van der Waals surface area (Å²) in [5.74, 6) is 0.629. The van der Waals surface area contributed by atoms with Gasteiger partial charge in [-0.15, -0.1) is 0 Å². The highest BCUT2D eigenvalue weighted by molar-refractivity contribution is 5.83. The SMILES string of the molecule is COc1ccccc1/C(=C\F)c1cccc(N)c1. The van der Waals surface area contributed by atoms with E-state index in [4.69, 9.17) is 10.5 Å². The molecule has 92 valence electrons. The second-order valence-electron chi connectivity index (χ2n) is 3.85. The molecular weight excluding hydrogens is 229 g/mol. The van der Waals surface area contributed by atoms with Crippen molar-refractivity contribution in [2.45, 2.75) is 0 Å². The number of nitrogens with two attached hydrogens (primary N) is 1. The third-order valence-corrected chi connectivity index (χ3v) is 2.70. The fourth-order valence-corrected chi connectivity index (χ4v) is 1.85. The van der Waals surface area contributed by atoms with Crippen molar-refractivity contribution in [1.82, 2.24) is 0 Å². The van der Waals surface area contributed by atoms with Crippen molar-refractivity contribution < 1.29 is 9.13 Å². The van der Waals surface area contributed by atoms with Crippen LogP contribution in [0.15, 0.2) is 54.9 Å². The van der Waals surface area contributed by atoms with Gasteiger partial charge in [0.25, 0.3) is 0 Å². The van der Waals surface area contributed by atoms with Gasteiger partial charge in [-0.3, -0.25) is 0 Å². The number of ether oxygens (including phenoxy) is 1. The maximum atomic E-state index is 13.2. The van der Waals surface area contributed by atoms with Gasteiger partial charge in [-0.05, 0) is 23.8 Å². The number of para-hydroxylation sites is 1. The van der Waals surface area contributed by atoms with E-state index in [2.05, 4.69) is 0 Å². The van der Waals surface area contributed by atoms with Crippen LogP contribution in [0.4, 0.5) is 10.1 Å². The van der Waals surface area contributed by atoms with Gasteiger partial charge in [-0.2, -0.15) is 0 Å². The zero-order valence-corrected chi connectivity index (χ0v) is 10.1. The van der Waals surface area contributed by atoms with Crippen LogP contribution in [0.5, 0.6) is 5.75 Å². The van der Waals surface area contributed by atoms with E-state index in [0.717, 1.165) is 5.56 Å². The van der Waals surface area contributed by atoms with E-state index in [0.29, 0.717) is 28.9 Å². The quantitative estimate of drug-likeness (QED) is 0.835. The zero-order chi connectivity index (χ0) is 13.0. The fourth-order valence-electron chi connectivity index (χ4n) is 1.85. The highest BCUT2D eigenvalue weighted by Gasteiger charge is 2.10. The van der Waals surface area contributed by atoms with Crippen LogP contribution in [0.2, 0.25) is 0 Å². The molecule has 0 aliphatic carbocycles. The lowest BCUT2D eigenvalue weighted by Crippen LogP contribution is -1.94. The standard InChI is InChI=1S/C15H14FNO/c1-18-15-8-3-2-7-13(15)14(10-16)11-5-4-6-12(17)9-11/h2-10H,17H2,1H3/b14-10-. The molecule has 0 spiro atoms. The summed E-state index contributed by atoms with van der Waals surface area (Å²) in [7, 11) is 1.56. The number of halogens is 1. The van der Waals surface area contributed by atoms with Gasteiger partial charge in [-0.25, -0.2) is 4.39 Å². The highest BCUT2D eigenvalue weighted by Crippen LogP contribution is 2.31. The van der Waals surface area contributed by atoms with Crippen molar-refractivity contribution in [3.05, 3.63) is 66.0 Å². The van der Waals surface area contributed by atoms with Crippen LogP contribution >= 0.6 is 0 Å². The predicted octanol–water partition coefficient (Wildman–Crippen LogP) is 3.64. The Morgan fingerprint density at radius 2 is 1.94 bits per heavy atom. The first-order valence-corrected chi connectivity index (χ1v) is 5.56. The van der Waals surface area contributed by atoms with Gasteiger partial charge in [0.2, 0.25) is 0 Å². The van der Waals surface area contributed by atoms with Crippen LogP contribution in [0.3, 0.4) is 0 Å². The normalized spacial score (nSPS) is 11.3. The number of hydrogen-bond donors (Lipinski definition) is 1. The molecule has 18 heavy (non-hydrogen) atoms. The Morgan fingerprint density at radius 1 is 1.17 bits per heavy atom. The lowest BCUT2D eigenvalue weighted by molar-refractivity contribution is 0.413. The molecule has 0 bridgehead atoms. The van der Waals surface area contributed by atoms with Crippen LogP contribution in [0.1, 0.15) is 11.1 Å². The monoisotopic (exact) mass is 243 g/mol. The molecule has 0 aliphatic rings. The van der Waals surface area contributed by atoms with Crippen molar-refractivity contribution in [3.63, 3.8) is 0 Å². The first kappa shape index (κ1) is 12.2. The van der Waals surface area contributed by atoms with Crippen molar-refractivity contribution >= 4 is 11.3 Å². The van der Waals surface area contributed by atoms with E-state index in [-0.39, 0.29) is 0 Å². The van der Waals surface area contributed by atoms with Crippen molar-refractivity contribution in [2.24, 2.45) is 0 Å². The fraction of sp³-hybridized carbons (Fsp3) is 0.0667. The Kier molecular flexibility index (Phi) is 3.63. The highest BCUT2D eigenvalue weighted by atomic mass is 19.1. The molecular formula is C15H14FNO. The Balaban J connectivity index is 2.53. The van der Waals surface area contributed by atoms with Gasteiger partial charge >= 0.3 is 0 Å². The average Bonchev–Trinajstić information content (AvgIpc) is 2.40. The average molecular weight is 243 g/mol. The molecule has 0 aromatic heterocycles. The smallest absolute Gasteiger partial charge is 0.126 e. The van der Waals surface area contributed by atoms with Crippen LogP contribution in [-0.2, 0) is 0 Å². The summed E-state index contributed by atoms with van der Waals surface area (Å²) in [5, 5.41) is 0. The number of rotatable bonds is 3. The third kappa shape index (κ3) is 2.35. The maximum absolute atomic E-state index is 13.2. The van der Waals surface area contributed by atoms with Crippen molar-refractivity contribution in [2.75, 3.05) is 12.8 Å². The van der Waals surface area contributed by atoms with Gasteiger partial charge in [0, 0.05) is 16.8 Å². The van der Waals surface area contributed by atoms with Crippen LogP contribution < -0.4 is 10.5 Å². The summed E-state index contributed by atoms with van der Waals surface area (Å²) in [6.07, 6.45) is 0.576. The maximum Gasteiger partial charge on any atom is 0.126 e. The number of nitrogen functional groups attached to an aromatic ring is 1. The number of methoxy groups -OCH3 is 1. The van der Waals surface area contributed by atoms with Crippen molar-refractivity contribution in [1.29, 1.82) is 0 Å². The van der Waals surface area contributed by atoms with E-state index in [9.17, 15) is 4.39 Å². The molecule has 0 unspecified atom stereocenters. The summed E-state index contributed by atoms with van der Waals surface area (Å²) in [4.78, 5) is 0. The molecule has 0 radical (unpaired) electrons. The van der Waals surface area contributed by atoms with Crippen LogP contribution in [0.25, 0.3) is 5.57 Å². The minimum atomic E-state index is 0.458. The minimum Gasteiger partial charge on any atom is -0.496 e. The van der Waals surface area contributed by atoms with Gasteiger partial charge in [0.1, 0.15) is 5.75 Å².